The fourth-order valence-corrected chi connectivity index (χ4v) is 3.44. The van der Waals surface area contributed by atoms with Gasteiger partial charge >= 0.3 is 0 Å². The number of hydrogen-bond acceptors (Lipinski definition) is 3. The van der Waals surface area contributed by atoms with Crippen molar-refractivity contribution < 1.29 is 9.59 Å². The van der Waals surface area contributed by atoms with Crippen LogP contribution >= 0.6 is 11.8 Å². The highest BCUT2D eigenvalue weighted by Crippen LogP contribution is 2.27. The fraction of sp³-hybridized carbons (Fsp3) is 0.0909. The van der Waals surface area contributed by atoms with Crippen LogP contribution in [0.4, 0.5) is 5.69 Å². The maximum absolute atomic E-state index is 12.4. The molecule has 0 spiro atoms. The number of hydrogen-bond donors (Lipinski definition) is 2. The number of thioether (sulfide) groups is 1. The van der Waals surface area contributed by atoms with Gasteiger partial charge in [-0.3, -0.25) is 9.59 Å². The molecule has 0 aliphatic heterocycles. The van der Waals surface area contributed by atoms with Crippen molar-refractivity contribution in [3.63, 3.8) is 0 Å². The van der Waals surface area contributed by atoms with E-state index >= 15 is 0 Å². The van der Waals surface area contributed by atoms with Crippen molar-refractivity contribution in [2.75, 3.05) is 5.32 Å². The number of nitrogens with two attached hydrogens (primary N) is 1. The summed E-state index contributed by atoms with van der Waals surface area (Å²) in [7, 11) is 0. The average molecular weight is 376 g/mol. The van der Waals surface area contributed by atoms with Gasteiger partial charge in [-0.05, 0) is 54.4 Å². The van der Waals surface area contributed by atoms with Gasteiger partial charge in [0.15, 0.2) is 0 Å². The molecule has 0 aromatic heterocycles. The molecule has 0 bridgehead atoms. The molecule has 0 aliphatic carbocycles. The largest absolute Gasteiger partial charge is 0.366 e. The molecule has 1 atom stereocenters. The molecule has 1 unspecified atom stereocenters. The summed E-state index contributed by atoms with van der Waals surface area (Å²) in [6, 6.07) is 24.9. The molecule has 0 fully saturated rings. The second-order valence-corrected chi connectivity index (χ2v) is 7.50. The number of carbonyl (C=O) groups is 2. The number of primary amides is 1. The lowest BCUT2D eigenvalue weighted by Gasteiger charge is -2.12. The minimum absolute atomic E-state index is 0.0982. The Morgan fingerprint density at radius 2 is 1.44 bits per heavy atom. The smallest absolute Gasteiger partial charge is 0.248 e. The van der Waals surface area contributed by atoms with Gasteiger partial charge in [0.2, 0.25) is 11.8 Å². The van der Waals surface area contributed by atoms with Crippen molar-refractivity contribution in [2.45, 2.75) is 17.1 Å². The van der Waals surface area contributed by atoms with Crippen molar-refractivity contribution in [1.29, 1.82) is 0 Å². The molecule has 3 aromatic carbocycles. The lowest BCUT2D eigenvalue weighted by atomic mass is 10.1. The van der Waals surface area contributed by atoms with Crippen molar-refractivity contribution >= 4 is 29.3 Å². The molecule has 136 valence electrons. The first-order valence-electron chi connectivity index (χ1n) is 8.56. The van der Waals surface area contributed by atoms with E-state index in [-0.39, 0.29) is 11.2 Å². The first-order chi connectivity index (χ1) is 13.0. The molecule has 2 amide bonds. The molecule has 0 radical (unpaired) electrons. The zero-order valence-electron chi connectivity index (χ0n) is 14.9. The number of carbonyl (C=O) groups excluding carboxylic acids is 2. The normalized spacial score (nSPS) is 11.6. The monoisotopic (exact) mass is 376 g/mol. The van der Waals surface area contributed by atoms with Crippen LogP contribution < -0.4 is 11.1 Å². The van der Waals surface area contributed by atoms with Crippen molar-refractivity contribution in [1.82, 2.24) is 0 Å². The highest BCUT2D eigenvalue weighted by atomic mass is 32.2. The van der Waals surface area contributed by atoms with Crippen LogP contribution in [0.15, 0.2) is 83.8 Å². The summed E-state index contributed by atoms with van der Waals surface area (Å²) >= 11 is 1.50. The maximum Gasteiger partial charge on any atom is 0.248 e. The minimum atomic E-state index is -0.490. The molecular weight excluding hydrogens is 356 g/mol. The third-order valence-electron chi connectivity index (χ3n) is 4.08. The zero-order chi connectivity index (χ0) is 19.2. The van der Waals surface area contributed by atoms with Crippen LogP contribution in [0.3, 0.4) is 0 Å². The van der Waals surface area contributed by atoms with E-state index < -0.39 is 5.91 Å². The van der Waals surface area contributed by atoms with Crippen molar-refractivity contribution in [2.24, 2.45) is 5.73 Å². The van der Waals surface area contributed by atoms with Crippen LogP contribution in [-0.4, -0.2) is 17.1 Å². The molecule has 0 aliphatic rings. The molecular formula is C22H20N2O2S. The van der Waals surface area contributed by atoms with Gasteiger partial charge in [0.1, 0.15) is 0 Å². The third kappa shape index (κ3) is 4.99. The van der Waals surface area contributed by atoms with E-state index in [1.807, 2.05) is 37.3 Å². The molecule has 3 N–H and O–H groups in total. The van der Waals surface area contributed by atoms with Crippen molar-refractivity contribution in [3.8, 4) is 11.1 Å². The Kier molecular flexibility index (Phi) is 5.94. The van der Waals surface area contributed by atoms with Gasteiger partial charge in [-0.15, -0.1) is 11.8 Å². The SMILES string of the molecule is CC(Sc1ccc(-c2ccccc2)cc1)C(=O)Nc1ccc(C(N)=O)cc1. The van der Waals surface area contributed by atoms with Gasteiger partial charge in [-0.2, -0.15) is 0 Å². The van der Waals surface area contributed by atoms with E-state index in [1.54, 1.807) is 24.3 Å². The summed E-state index contributed by atoms with van der Waals surface area (Å²) in [5, 5.41) is 2.59. The predicted octanol–water partition coefficient (Wildman–Crippen LogP) is 4.57. The van der Waals surface area contributed by atoms with E-state index in [0.29, 0.717) is 11.3 Å². The lowest BCUT2D eigenvalue weighted by molar-refractivity contribution is -0.115. The number of rotatable bonds is 6. The van der Waals surface area contributed by atoms with Crippen LogP contribution in [0.1, 0.15) is 17.3 Å². The highest BCUT2D eigenvalue weighted by Gasteiger charge is 2.15. The Morgan fingerprint density at radius 3 is 2.04 bits per heavy atom. The van der Waals surface area contributed by atoms with E-state index in [9.17, 15) is 9.59 Å². The van der Waals surface area contributed by atoms with Crippen LogP contribution in [0, 0.1) is 0 Å². The van der Waals surface area contributed by atoms with Gasteiger partial charge in [0, 0.05) is 16.1 Å². The Balaban J connectivity index is 1.60. The number of amides is 2. The summed E-state index contributed by atoms with van der Waals surface area (Å²) in [6.07, 6.45) is 0. The summed E-state index contributed by atoms with van der Waals surface area (Å²) in [6.45, 7) is 1.86. The second-order valence-electron chi connectivity index (χ2n) is 6.08. The van der Waals surface area contributed by atoms with E-state index in [4.69, 9.17) is 5.73 Å². The molecule has 27 heavy (non-hydrogen) atoms. The zero-order valence-corrected chi connectivity index (χ0v) is 15.7. The van der Waals surface area contributed by atoms with E-state index in [2.05, 4.69) is 29.6 Å². The van der Waals surface area contributed by atoms with Crippen LogP contribution in [0.5, 0.6) is 0 Å². The lowest BCUT2D eigenvalue weighted by Crippen LogP contribution is -2.22. The summed E-state index contributed by atoms with van der Waals surface area (Å²) in [4.78, 5) is 24.5. The molecule has 0 heterocycles. The van der Waals surface area contributed by atoms with Crippen LogP contribution in [0.2, 0.25) is 0 Å². The summed E-state index contributed by atoms with van der Waals surface area (Å²) < 4.78 is 0. The molecule has 0 saturated carbocycles. The number of nitrogens with one attached hydrogen (secondary N) is 1. The van der Waals surface area contributed by atoms with Gasteiger partial charge in [-0.25, -0.2) is 0 Å². The molecule has 5 heteroatoms. The predicted molar refractivity (Wildman–Crippen MR) is 111 cm³/mol. The maximum atomic E-state index is 12.4. The van der Waals surface area contributed by atoms with Gasteiger partial charge in [0.25, 0.3) is 0 Å². The fourth-order valence-electron chi connectivity index (χ4n) is 2.58. The van der Waals surface area contributed by atoms with E-state index in [1.165, 1.54) is 17.3 Å². The quantitative estimate of drug-likeness (QED) is 0.619. The van der Waals surface area contributed by atoms with Crippen LogP contribution in [-0.2, 0) is 4.79 Å². The Bertz CT molecular complexity index is 923. The highest BCUT2D eigenvalue weighted by molar-refractivity contribution is 8.00. The molecule has 0 saturated heterocycles. The van der Waals surface area contributed by atoms with Gasteiger partial charge < -0.3 is 11.1 Å². The number of benzene rings is 3. The summed E-state index contributed by atoms with van der Waals surface area (Å²) in [5.74, 6) is -0.588. The third-order valence-corrected chi connectivity index (χ3v) is 5.19. The number of anilines is 1. The average Bonchev–Trinajstić information content (AvgIpc) is 2.69. The molecule has 3 rings (SSSR count). The topological polar surface area (TPSA) is 72.2 Å². The second kappa shape index (κ2) is 8.56. The minimum Gasteiger partial charge on any atom is -0.366 e. The molecule has 4 nitrogen and oxygen atoms in total. The molecule has 3 aromatic rings. The van der Waals surface area contributed by atoms with Crippen molar-refractivity contribution in [3.05, 3.63) is 84.4 Å². The Hall–Kier alpha value is -3.05. The van der Waals surface area contributed by atoms with Gasteiger partial charge in [0.05, 0.1) is 5.25 Å². The first-order valence-corrected chi connectivity index (χ1v) is 9.44. The first kappa shape index (κ1) is 18.7. The standard InChI is InChI=1S/C22H20N2O2S/c1-15(22(26)24-19-11-7-18(8-12-19)21(23)25)27-20-13-9-17(10-14-20)16-5-3-2-4-6-16/h2-15H,1H3,(H2,23,25)(H,24,26). The van der Waals surface area contributed by atoms with Gasteiger partial charge in [-0.1, -0.05) is 42.5 Å². The Labute approximate surface area is 162 Å². The van der Waals surface area contributed by atoms with Crippen LogP contribution in [0.25, 0.3) is 11.1 Å². The van der Waals surface area contributed by atoms with E-state index in [0.717, 1.165) is 10.5 Å². The summed E-state index contributed by atoms with van der Waals surface area (Å²) in [5.41, 5.74) is 8.58. The Morgan fingerprint density at radius 1 is 0.852 bits per heavy atom.